The summed E-state index contributed by atoms with van der Waals surface area (Å²) in [6, 6.07) is 13.8. The molecule has 1 aliphatic rings. The molecular formula is C23H15Cl2NO4S. The zero-order chi connectivity index (χ0) is 22.1. The molecule has 1 N–H and O–H groups in total. The Balaban J connectivity index is 1.80. The van der Waals surface area contributed by atoms with Crippen LogP contribution in [0.4, 0.5) is 0 Å². The van der Waals surface area contributed by atoms with Gasteiger partial charge >= 0.3 is 5.63 Å². The normalized spacial score (nSPS) is 13.9. The van der Waals surface area contributed by atoms with Gasteiger partial charge in [-0.05, 0) is 42.0 Å². The third-order valence-corrected chi connectivity index (χ3v) is 7.07. The number of halogens is 2. The predicted octanol–water partition coefficient (Wildman–Crippen LogP) is 5.75. The molecule has 0 amide bonds. The highest BCUT2D eigenvalue weighted by atomic mass is 35.5. The van der Waals surface area contributed by atoms with Crippen LogP contribution in [0.5, 0.6) is 5.75 Å². The van der Waals surface area contributed by atoms with E-state index >= 15 is 0 Å². The smallest absolute Gasteiger partial charge is 0.354 e. The molecule has 4 aromatic rings. The molecule has 0 aliphatic carbocycles. The van der Waals surface area contributed by atoms with Crippen molar-refractivity contribution in [1.29, 1.82) is 0 Å². The lowest BCUT2D eigenvalue weighted by Gasteiger charge is -2.20. The Bertz CT molecular complexity index is 1520. The monoisotopic (exact) mass is 471 g/mol. The Morgan fingerprint density at radius 3 is 2.52 bits per heavy atom. The van der Waals surface area contributed by atoms with Crippen molar-refractivity contribution in [2.24, 2.45) is 0 Å². The van der Waals surface area contributed by atoms with Crippen molar-refractivity contribution in [2.45, 2.75) is 29.1 Å². The second kappa shape index (κ2) is 6.92. The van der Waals surface area contributed by atoms with E-state index in [9.17, 15) is 14.7 Å². The zero-order valence-electron chi connectivity index (χ0n) is 16.4. The van der Waals surface area contributed by atoms with E-state index in [-0.39, 0.29) is 15.9 Å². The van der Waals surface area contributed by atoms with Gasteiger partial charge < -0.3 is 9.52 Å². The summed E-state index contributed by atoms with van der Waals surface area (Å²) in [5, 5.41) is 12.0. The van der Waals surface area contributed by atoms with Gasteiger partial charge in [0.05, 0.1) is 5.69 Å². The molecule has 0 unspecified atom stereocenters. The van der Waals surface area contributed by atoms with Gasteiger partial charge in [-0.3, -0.25) is 9.36 Å². The first-order valence-corrected chi connectivity index (χ1v) is 11.0. The van der Waals surface area contributed by atoms with Crippen LogP contribution in [0.15, 0.2) is 72.3 Å². The molecule has 0 saturated carbocycles. The summed E-state index contributed by atoms with van der Waals surface area (Å²) in [6.45, 7) is 3.93. The fourth-order valence-corrected chi connectivity index (χ4v) is 5.34. The third-order valence-electron chi connectivity index (χ3n) is 5.54. The minimum Gasteiger partial charge on any atom is -0.505 e. The number of hydrogen-bond donors (Lipinski definition) is 1. The van der Waals surface area contributed by atoms with Crippen LogP contribution in [0, 0.1) is 0 Å². The van der Waals surface area contributed by atoms with Gasteiger partial charge in [-0.1, -0.05) is 54.9 Å². The van der Waals surface area contributed by atoms with E-state index < -0.39 is 22.3 Å². The largest absolute Gasteiger partial charge is 0.505 e. The van der Waals surface area contributed by atoms with Gasteiger partial charge in [-0.25, -0.2) is 4.79 Å². The second-order valence-corrected chi connectivity index (χ2v) is 9.78. The molecule has 3 heterocycles. The van der Waals surface area contributed by atoms with Crippen molar-refractivity contribution >= 4 is 45.9 Å². The maximum atomic E-state index is 13.5. The first kappa shape index (κ1) is 20.2. The topological polar surface area (TPSA) is 72.4 Å². The van der Waals surface area contributed by atoms with E-state index in [4.69, 9.17) is 27.6 Å². The Hall–Kier alpha value is -2.67. The molecule has 0 saturated heterocycles. The van der Waals surface area contributed by atoms with Crippen LogP contribution in [0.2, 0.25) is 10.0 Å². The quantitative estimate of drug-likeness (QED) is 0.403. The minimum atomic E-state index is -0.726. The minimum absolute atomic E-state index is 0.0428. The molecule has 2 aromatic heterocycles. The lowest BCUT2D eigenvalue weighted by atomic mass is 9.83. The standard InChI is InChI=1S/C23H15Cl2NO4S/c1-23(2)14-9-12(25)6-7-15(14)26-17(23)10-16-18(21(26)28)19(27)20(22(29)30-16)31-13-5-3-4-11(24)8-13/h3-10,27H,1-2H3. The molecule has 0 bridgehead atoms. The number of fused-ring (bicyclic) bond motifs is 4. The number of hydrogen-bond acceptors (Lipinski definition) is 5. The molecule has 5 nitrogen and oxygen atoms in total. The average molecular weight is 472 g/mol. The third kappa shape index (κ3) is 3.01. The SMILES string of the molecule is CC1(C)c2cc(Cl)ccc2-n2c1cc1oc(=O)c(Sc3cccc(Cl)c3)c(O)c1c2=O. The summed E-state index contributed by atoms with van der Waals surface area (Å²) in [6.07, 6.45) is 0. The fraction of sp³-hybridized carbons (Fsp3) is 0.130. The molecule has 5 rings (SSSR count). The number of pyridine rings is 1. The van der Waals surface area contributed by atoms with Crippen LogP contribution >= 0.6 is 35.0 Å². The summed E-state index contributed by atoms with van der Waals surface area (Å²) < 4.78 is 7.03. The summed E-state index contributed by atoms with van der Waals surface area (Å²) in [5.74, 6) is -0.406. The van der Waals surface area contributed by atoms with Gasteiger partial charge in [0, 0.05) is 32.1 Å². The van der Waals surface area contributed by atoms with Gasteiger partial charge in [0.2, 0.25) is 0 Å². The van der Waals surface area contributed by atoms with Crippen molar-refractivity contribution in [3.05, 3.63) is 90.6 Å². The number of aromatic nitrogens is 1. The first-order chi connectivity index (χ1) is 14.7. The van der Waals surface area contributed by atoms with Crippen LogP contribution in [-0.4, -0.2) is 9.67 Å². The van der Waals surface area contributed by atoms with E-state index in [2.05, 4.69) is 0 Å². The van der Waals surface area contributed by atoms with E-state index in [0.717, 1.165) is 17.3 Å². The molecule has 0 fully saturated rings. The Morgan fingerprint density at radius 2 is 1.77 bits per heavy atom. The highest BCUT2D eigenvalue weighted by molar-refractivity contribution is 7.99. The van der Waals surface area contributed by atoms with E-state index in [0.29, 0.717) is 26.3 Å². The summed E-state index contributed by atoms with van der Waals surface area (Å²) in [7, 11) is 0. The fourth-order valence-electron chi connectivity index (χ4n) is 4.02. The Labute approximate surface area is 190 Å². The van der Waals surface area contributed by atoms with Crippen LogP contribution in [-0.2, 0) is 5.41 Å². The van der Waals surface area contributed by atoms with Gasteiger partial charge in [0.1, 0.15) is 15.9 Å². The lowest BCUT2D eigenvalue weighted by molar-refractivity contribution is 0.445. The summed E-state index contributed by atoms with van der Waals surface area (Å²) in [5.41, 5.74) is 0.525. The average Bonchev–Trinajstić information content (AvgIpc) is 2.92. The zero-order valence-corrected chi connectivity index (χ0v) is 18.7. The molecule has 2 aromatic carbocycles. The van der Waals surface area contributed by atoms with Gasteiger partial charge in [0.25, 0.3) is 5.56 Å². The van der Waals surface area contributed by atoms with Crippen LogP contribution < -0.4 is 11.2 Å². The van der Waals surface area contributed by atoms with Crippen LogP contribution in [0.25, 0.3) is 16.7 Å². The van der Waals surface area contributed by atoms with Gasteiger partial charge in [-0.15, -0.1) is 0 Å². The highest BCUT2D eigenvalue weighted by Crippen LogP contribution is 2.44. The number of nitrogens with zero attached hydrogens (tertiary/aromatic N) is 1. The molecule has 8 heteroatoms. The number of aromatic hydroxyl groups is 1. The second-order valence-electron chi connectivity index (χ2n) is 7.82. The Kier molecular flexibility index (Phi) is 4.52. The van der Waals surface area contributed by atoms with Gasteiger partial charge in [0.15, 0.2) is 5.75 Å². The molecular weight excluding hydrogens is 457 g/mol. The molecule has 31 heavy (non-hydrogen) atoms. The van der Waals surface area contributed by atoms with Crippen LogP contribution in [0.1, 0.15) is 25.1 Å². The molecule has 0 spiro atoms. The summed E-state index contributed by atoms with van der Waals surface area (Å²) in [4.78, 5) is 26.8. The number of benzene rings is 2. The molecule has 156 valence electrons. The van der Waals surface area contributed by atoms with Crippen molar-refractivity contribution in [3.63, 3.8) is 0 Å². The van der Waals surface area contributed by atoms with Gasteiger partial charge in [-0.2, -0.15) is 0 Å². The predicted molar refractivity (Wildman–Crippen MR) is 122 cm³/mol. The van der Waals surface area contributed by atoms with Crippen LogP contribution in [0.3, 0.4) is 0 Å². The maximum Gasteiger partial charge on any atom is 0.354 e. The molecule has 1 aliphatic heterocycles. The van der Waals surface area contributed by atoms with Crippen molar-refractivity contribution < 1.29 is 9.52 Å². The molecule has 0 radical (unpaired) electrons. The van der Waals surface area contributed by atoms with E-state index in [1.54, 1.807) is 47.0 Å². The summed E-state index contributed by atoms with van der Waals surface area (Å²) >= 11 is 13.2. The van der Waals surface area contributed by atoms with E-state index in [1.165, 1.54) is 0 Å². The Morgan fingerprint density at radius 1 is 1.03 bits per heavy atom. The molecule has 0 atom stereocenters. The maximum absolute atomic E-state index is 13.5. The number of rotatable bonds is 2. The van der Waals surface area contributed by atoms with E-state index in [1.807, 2.05) is 19.9 Å². The van der Waals surface area contributed by atoms with Crippen molar-refractivity contribution in [3.8, 4) is 11.4 Å². The lowest BCUT2D eigenvalue weighted by Crippen LogP contribution is -2.24. The van der Waals surface area contributed by atoms with Crippen molar-refractivity contribution in [1.82, 2.24) is 4.57 Å². The van der Waals surface area contributed by atoms with Crippen molar-refractivity contribution in [2.75, 3.05) is 0 Å². The first-order valence-electron chi connectivity index (χ1n) is 9.38. The highest BCUT2D eigenvalue weighted by Gasteiger charge is 2.38.